The Bertz CT molecular complexity index is 988. The minimum atomic E-state index is -4.86. The molecule has 0 spiro atoms. The minimum Gasteiger partial charge on any atom is -0.491 e. The molecule has 31 heavy (non-hydrogen) atoms. The van der Waals surface area contributed by atoms with Gasteiger partial charge in [-0.2, -0.15) is 17.6 Å². The number of benzene rings is 1. The van der Waals surface area contributed by atoms with Gasteiger partial charge in [-0.25, -0.2) is 4.39 Å². The Labute approximate surface area is 173 Å². The fourth-order valence-corrected chi connectivity index (χ4v) is 3.53. The molecule has 12 heteroatoms. The Balaban J connectivity index is 2.05. The fourth-order valence-electron chi connectivity index (χ4n) is 3.53. The molecule has 1 saturated heterocycles. The first-order chi connectivity index (χ1) is 14.5. The van der Waals surface area contributed by atoms with Gasteiger partial charge in [0.1, 0.15) is 11.7 Å². The monoisotopic (exact) mass is 448 g/mol. The molecule has 0 radical (unpaired) electrons. The Morgan fingerprint density at radius 3 is 2.58 bits per heavy atom. The molecule has 1 fully saturated rings. The van der Waals surface area contributed by atoms with E-state index in [2.05, 4.69) is 5.32 Å². The first kappa shape index (κ1) is 22.5. The van der Waals surface area contributed by atoms with Gasteiger partial charge in [0.05, 0.1) is 19.3 Å². The summed E-state index contributed by atoms with van der Waals surface area (Å²) in [6.07, 6.45) is -3.28. The van der Waals surface area contributed by atoms with E-state index in [9.17, 15) is 32.0 Å². The molecule has 2 heterocycles. The van der Waals surface area contributed by atoms with Crippen LogP contribution in [0.25, 0.3) is 0 Å². The number of hydrogen-bond acceptors (Lipinski definition) is 5. The van der Waals surface area contributed by atoms with E-state index in [0.717, 1.165) is 37.4 Å². The van der Waals surface area contributed by atoms with Crippen LogP contribution in [0, 0.1) is 11.6 Å². The van der Waals surface area contributed by atoms with Crippen molar-refractivity contribution in [3.8, 4) is 5.75 Å². The predicted octanol–water partition coefficient (Wildman–Crippen LogP) is 2.66. The number of methoxy groups -OCH3 is 2. The molecular formula is C19H19F5N3O4+. The Hall–Kier alpha value is -3.15. The number of aromatic nitrogens is 1. The summed E-state index contributed by atoms with van der Waals surface area (Å²) in [7, 11) is 1.89. The zero-order valence-electron chi connectivity index (χ0n) is 16.4. The van der Waals surface area contributed by atoms with Crippen LogP contribution in [-0.4, -0.2) is 49.7 Å². The standard InChI is InChI=1S/C19H18F5N3O4/c1-30-16-13(6-5-12(20)15(16)21)27-10-18(31-2,19(22,23)24)8-14(27)17(28)25-11-4-3-7-26(29)9-11/h3-7,9,14H,8,10H2,1-2H3,(H-,25,28,29)/p+1. The van der Waals surface area contributed by atoms with Crippen LogP contribution >= 0.6 is 0 Å². The molecule has 1 aromatic carbocycles. The highest BCUT2D eigenvalue weighted by molar-refractivity contribution is 5.97. The van der Waals surface area contributed by atoms with Gasteiger partial charge in [0.25, 0.3) is 0 Å². The molecule has 1 aliphatic rings. The van der Waals surface area contributed by atoms with Crippen LogP contribution in [0.5, 0.6) is 5.75 Å². The van der Waals surface area contributed by atoms with Gasteiger partial charge >= 0.3 is 6.18 Å². The summed E-state index contributed by atoms with van der Waals surface area (Å²) < 4.78 is 79.8. The summed E-state index contributed by atoms with van der Waals surface area (Å²) in [4.78, 5) is 13.9. The maximum atomic E-state index is 14.2. The van der Waals surface area contributed by atoms with Crippen molar-refractivity contribution >= 4 is 17.3 Å². The molecule has 0 aliphatic carbocycles. The van der Waals surface area contributed by atoms with E-state index in [1.165, 1.54) is 18.3 Å². The van der Waals surface area contributed by atoms with Crippen LogP contribution in [0.3, 0.4) is 0 Å². The van der Waals surface area contributed by atoms with Crippen molar-refractivity contribution in [1.82, 2.24) is 0 Å². The van der Waals surface area contributed by atoms with E-state index in [1.54, 1.807) is 0 Å². The maximum absolute atomic E-state index is 14.2. The lowest BCUT2D eigenvalue weighted by Crippen LogP contribution is -2.49. The number of anilines is 2. The number of nitrogens with one attached hydrogen (secondary N) is 1. The first-order valence-corrected chi connectivity index (χ1v) is 8.95. The molecule has 2 unspecified atom stereocenters. The van der Waals surface area contributed by atoms with Gasteiger partial charge < -0.3 is 19.7 Å². The summed E-state index contributed by atoms with van der Waals surface area (Å²) in [5.41, 5.74) is -2.87. The number of hydrogen-bond donors (Lipinski definition) is 2. The molecule has 2 N–H and O–H groups in total. The summed E-state index contributed by atoms with van der Waals surface area (Å²) in [5.74, 6) is -4.17. The van der Waals surface area contributed by atoms with E-state index in [-0.39, 0.29) is 11.4 Å². The zero-order chi connectivity index (χ0) is 23.0. The van der Waals surface area contributed by atoms with Crippen LogP contribution < -0.4 is 19.7 Å². The highest BCUT2D eigenvalue weighted by atomic mass is 19.4. The van der Waals surface area contributed by atoms with E-state index in [1.807, 2.05) is 0 Å². The number of ether oxygens (including phenoxy) is 2. The van der Waals surface area contributed by atoms with Gasteiger partial charge in [0, 0.05) is 24.3 Å². The second kappa shape index (κ2) is 8.17. The van der Waals surface area contributed by atoms with Gasteiger partial charge in [0.15, 0.2) is 17.2 Å². The van der Waals surface area contributed by atoms with Gasteiger partial charge in [-0.3, -0.25) is 10.0 Å². The zero-order valence-corrected chi connectivity index (χ0v) is 16.4. The Morgan fingerprint density at radius 1 is 1.29 bits per heavy atom. The van der Waals surface area contributed by atoms with Crippen LogP contribution in [0.4, 0.5) is 33.3 Å². The van der Waals surface area contributed by atoms with Gasteiger partial charge in [-0.1, -0.05) is 0 Å². The number of carbonyl (C=O) groups excluding carboxylic acids is 1. The lowest BCUT2D eigenvalue weighted by atomic mass is 9.99. The van der Waals surface area contributed by atoms with Crippen LogP contribution in [0.15, 0.2) is 36.7 Å². The summed E-state index contributed by atoms with van der Waals surface area (Å²) in [6, 6.07) is 3.09. The number of alkyl halides is 3. The van der Waals surface area contributed by atoms with Crippen molar-refractivity contribution in [2.45, 2.75) is 24.2 Å². The normalized spacial score (nSPS) is 21.3. The number of pyridine rings is 1. The molecule has 1 amide bonds. The molecule has 1 aromatic heterocycles. The highest BCUT2D eigenvalue weighted by Crippen LogP contribution is 2.47. The van der Waals surface area contributed by atoms with E-state index < -0.39 is 54.1 Å². The average molecular weight is 448 g/mol. The van der Waals surface area contributed by atoms with Crippen LogP contribution in [-0.2, 0) is 9.53 Å². The third kappa shape index (κ3) is 4.07. The van der Waals surface area contributed by atoms with Crippen molar-refractivity contribution < 1.29 is 46.2 Å². The molecule has 0 bridgehead atoms. The minimum absolute atomic E-state index is 0.106. The SMILES string of the molecule is COc1c(N2CC(OC)(C(F)(F)F)CC2C(=O)Nc2ccc[n+](O)c2)ccc(F)c1F. The lowest BCUT2D eigenvalue weighted by molar-refractivity contribution is -0.904. The van der Waals surface area contributed by atoms with E-state index in [0.29, 0.717) is 4.73 Å². The molecule has 168 valence electrons. The van der Waals surface area contributed by atoms with Crippen molar-refractivity contribution in [3.63, 3.8) is 0 Å². The summed E-state index contributed by atoms with van der Waals surface area (Å²) in [5, 5.41) is 11.9. The fraction of sp³-hybridized carbons (Fsp3) is 0.368. The van der Waals surface area contributed by atoms with E-state index in [4.69, 9.17) is 9.47 Å². The molecule has 3 rings (SSSR count). The third-order valence-corrected chi connectivity index (χ3v) is 5.13. The number of rotatable bonds is 5. The number of amides is 1. The molecule has 0 saturated carbocycles. The van der Waals surface area contributed by atoms with Gasteiger partial charge in [-0.15, -0.1) is 0 Å². The van der Waals surface area contributed by atoms with Crippen molar-refractivity contribution in [2.75, 3.05) is 31.0 Å². The number of nitrogens with zero attached hydrogens (tertiary/aromatic N) is 2. The van der Waals surface area contributed by atoms with E-state index >= 15 is 0 Å². The lowest BCUT2D eigenvalue weighted by Gasteiger charge is -2.31. The largest absolute Gasteiger partial charge is 0.491 e. The van der Waals surface area contributed by atoms with Crippen LogP contribution in [0.1, 0.15) is 6.42 Å². The molecule has 2 atom stereocenters. The topological polar surface area (TPSA) is 74.9 Å². The molecule has 2 aromatic rings. The summed E-state index contributed by atoms with van der Waals surface area (Å²) >= 11 is 0. The number of halogens is 5. The van der Waals surface area contributed by atoms with Gasteiger partial charge in [0.2, 0.25) is 24.1 Å². The van der Waals surface area contributed by atoms with Crippen LogP contribution in [0.2, 0.25) is 0 Å². The maximum Gasteiger partial charge on any atom is 0.419 e. The molecule has 7 nitrogen and oxygen atoms in total. The molecule has 1 aliphatic heterocycles. The Kier molecular flexibility index (Phi) is 5.94. The van der Waals surface area contributed by atoms with Crippen molar-refractivity contribution in [1.29, 1.82) is 0 Å². The smallest absolute Gasteiger partial charge is 0.419 e. The first-order valence-electron chi connectivity index (χ1n) is 8.95. The van der Waals surface area contributed by atoms with Crippen molar-refractivity contribution in [3.05, 3.63) is 48.3 Å². The quantitative estimate of drug-likeness (QED) is 0.418. The second-order valence-corrected chi connectivity index (χ2v) is 6.92. The molecular weight excluding hydrogens is 429 g/mol. The Morgan fingerprint density at radius 2 is 2.00 bits per heavy atom. The highest BCUT2D eigenvalue weighted by Gasteiger charge is 2.63. The third-order valence-electron chi connectivity index (χ3n) is 5.13. The number of carbonyl (C=O) groups is 1. The average Bonchev–Trinajstić information content (AvgIpc) is 3.11. The van der Waals surface area contributed by atoms with Crippen molar-refractivity contribution in [2.24, 2.45) is 0 Å². The second-order valence-electron chi connectivity index (χ2n) is 6.92. The summed E-state index contributed by atoms with van der Waals surface area (Å²) in [6.45, 7) is -0.860. The van der Waals surface area contributed by atoms with Gasteiger partial charge in [-0.05, 0) is 18.2 Å². The predicted molar refractivity (Wildman–Crippen MR) is 96.9 cm³/mol.